The van der Waals surface area contributed by atoms with Gasteiger partial charge in [-0.25, -0.2) is 12.4 Å². The van der Waals surface area contributed by atoms with Gasteiger partial charge in [0.15, 0.2) is 0 Å². The first-order valence-electron chi connectivity index (χ1n) is 11.1. The molecule has 0 fully saturated rings. The van der Waals surface area contributed by atoms with E-state index in [9.17, 15) is 17.2 Å². The largest absolute Gasteiger partial charge is 0.496 e. The van der Waals surface area contributed by atoms with Gasteiger partial charge >= 0.3 is 6.61 Å². The molecular formula is C26H23F2N3O4S. The molecule has 5 aromatic rings. The van der Waals surface area contributed by atoms with E-state index in [1.807, 2.05) is 13.8 Å². The van der Waals surface area contributed by atoms with E-state index >= 15 is 0 Å². The smallest absolute Gasteiger partial charge is 0.387 e. The Bertz CT molecular complexity index is 1690. The van der Waals surface area contributed by atoms with Crippen LogP contribution in [0.4, 0.5) is 8.78 Å². The normalized spacial score (nSPS) is 12.1. The zero-order valence-corrected chi connectivity index (χ0v) is 20.6. The summed E-state index contributed by atoms with van der Waals surface area (Å²) in [6.45, 7) is 1.08. The number of ether oxygens (including phenoxy) is 2. The molecule has 0 atom stereocenters. The van der Waals surface area contributed by atoms with Crippen LogP contribution < -0.4 is 9.47 Å². The predicted molar refractivity (Wildman–Crippen MR) is 132 cm³/mol. The Labute approximate surface area is 206 Å². The number of hydrogen-bond donors (Lipinski definition) is 0. The Morgan fingerprint density at radius 2 is 1.78 bits per heavy atom. The highest BCUT2D eigenvalue weighted by Crippen LogP contribution is 2.35. The molecule has 0 aliphatic heterocycles. The third-order valence-electron chi connectivity index (χ3n) is 6.06. The first kappa shape index (κ1) is 23.8. The van der Waals surface area contributed by atoms with E-state index in [2.05, 4.69) is 9.84 Å². The maximum atomic E-state index is 13.5. The molecule has 7 nitrogen and oxygen atoms in total. The molecule has 36 heavy (non-hydrogen) atoms. The third-order valence-corrected chi connectivity index (χ3v) is 7.76. The molecule has 0 aliphatic carbocycles. The number of aryl methyl sites for hydroxylation is 2. The van der Waals surface area contributed by atoms with Crippen LogP contribution in [0.15, 0.2) is 71.9 Å². The van der Waals surface area contributed by atoms with Gasteiger partial charge in [-0.3, -0.25) is 4.68 Å². The van der Waals surface area contributed by atoms with Crippen LogP contribution in [0, 0.1) is 13.8 Å². The molecule has 2 heterocycles. The van der Waals surface area contributed by atoms with E-state index in [4.69, 9.17) is 4.74 Å². The number of hydrogen-bond acceptors (Lipinski definition) is 5. The Morgan fingerprint density at radius 1 is 1.03 bits per heavy atom. The summed E-state index contributed by atoms with van der Waals surface area (Å²) in [4.78, 5) is 0.197. The van der Waals surface area contributed by atoms with Gasteiger partial charge < -0.3 is 9.47 Å². The van der Waals surface area contributed by atoms with E-state index in [1.165, 1.54) is 16.1 Å². The SMILES string of the molecule is COc1cc(C)c2c(ccn2S(=O)(=O)c2ccc(C)cc2)c1Cn1cc2ccc(OC(F)F)cc2n1. The summed E-state index contributed by atoms with van der Waals surface area (Å²) in [5, 5.41) is 5.96. The topological polar surface area (TPSA) is 75.3 Å². The fourth-order valence-electron chi connectivity index (χ4n) is 4.36. The molecule has 0 aliphatic rings. The summed E-state index contributed by atoms with van der Waals surface area (Å²) in [5.74, 6) is 0.614. The van der Waals surface area contributed by atoms with Crippen molar-refractivity contribution in [1.82, 2.24) is 13.8 Å². The van der Waals surface area contributed by atoms with E-state index in [1.54, 1.807) is 66.6 Å². The minimum atomic E-state index is -3.83. The van der Waals surface area contributed by atoms with Crippen molar-refractivity contribution in [2.75, 3.05) is 7.11 Å². The fraction of sp³-hybridized carbons (Fsp3) is 0.192. The number of benzene rings is 3. The number of methoxy groups -OCH3 is 1. The monoisotopic (exact) mass is 511 g/mol. The highest BCUT2D eigenvalue weighted by molar-refractivity contribution is 7.90. The van der Waals surface area contributed by atoms with Gasteiger partial charge in [0.05, 0.1) is 29.6 Å². The molecule has 0 saturated carbocycles. The summed E-state index contributed by atoms with van der Waals surface area (Å²) < 4.78 is 65.2. The van der Waals surface area contributed by atoms with Gasteiger partial charge in [-0.05, 0) is 55.8 Å². The van der Waals surface area contributed by atoms with E-state index < -0.39 is 16.6 Å². The molecule has 0 unspecified atom stereocenters. The molecule has 186 valence electrons. The van der Waals surface area contributed by atoms with Crippen LogP contribution in [-0.4, -0.2) is 35.9 Å². The van der Waals surface area contributed by atoms with E-state index in [-0.39, 0.29) is 17.2 Å². The average Bonchev–Trinajstić information content (AvgIpc) is 3.45. The van der Waals surface area contributed by atoms with Crippen molar-refractivity contribution >= 4 is 31.8 Å². The third kappa shape index (κ3) is 4.17. The molecular weight excluding hydrogens is 488 g/mol. The molecule has 3 aromatic carbocycles. The van der Waals surface area contributed by atoms with Gasteiger partial charge in [0.1, 0.15) is 11.5 Å². The molecule has 5 rings (SSSR count). The van der Waals surface area contributed by atoms with Gasteiger partial charge in [0.2, 0.25) is 0 Å². The number of nitrogens with zero attached hydrogens (tertiary/aromatic N) is 3. The summed E-state index contributed by atoms with van der Waals surface area (Å²) in [7, 11) is -2.27. The lowest BCUT2D eigenvalue weighted by atomic mass is 10.0. The molecule has 0 radical (unpaired) electrons. The van der Waals surface area contributed by atoms with E-state index in [0.717, 1.165) is 22.1 Å². The van der Waals surface area contributed by atoms with Crippen LogP contribution in [0.1, 0.15) is 16.7 Å². The van der Waals surface area contributed by atoms with Crippen molar-refractivity contribution in [3.63, 3.8) is 0 Å². The first-order chi connectivity index (χ1) is 17.2. The fourth-order valence-corrected chi connectivity index (χ4v) is 5.78. The van der Waals surface area contributed by atoms with Crippen LogP contribution in [0.25, 0.3) is 21.8 Å². The predicted octanol–water partition coefficient (Wildman–Crippen LogP) is 5.50. The minimum Gasteiger partial charge on any atom is -0.496 e. The number of halogens is 2. The van der Waals surface area contributed by atoms with Crippen LogP contribution in [0.5, 0.6) is 11.5 Å². The Balaban J connectivity index is 1.60. The number of alkyl halides is 2. The maximum Gasteiger partial charge on any atom is 0.387 e. The zero-order chi connectivity index (χ0) is 25.6. The summed E-state index contributed by atoms with van der Waals surface area (Å²) >= 11 is 0. The highest BCUT2D eigenvalue weighted by atomic mass is 32.2. The van der Waals surface area contributed by atoms with Crippen LogP contribution in [-0.2, 0) is 16.6 Å². The second-order valence-corrected chi connectivity index (χ2v) is 10.3. The number of rotatable bonds is 7. The van der Waals surface area contributed by atoms with Gasteiger partial charge in [0.25, 0.3) is 10.0 Å². The van der Waals surface area contributed by atoms with Crippen molar-refractivity contribution in [2.45, 2.75) is 31.9 Å². The van der Waals surface area contributed by atoms with Crippen molar-refractivity contribution < 1.29 is 26.7 Å². The summed E-state index contributed by atoms with van der Waals surface area (Å²) in [6.07, 6.45) is 3.33. The van der Waals surface area contributed by atoms with Crippen LogP contribution in [0.2, 0.25) is 0 Å². The molecule has 0 spiro atoms. The molecule has 0 saturated heterocycles. The van der Waals surface area contributed by atoms with Crippen LogP contribution in [0.3, 0.4) is 0 Å². The Morgan fingerprint density at radius 3 is 2.47 bits per heavy atom. The van der Waals surface area contributed by atoms with Gasteiger partial charge in [-0.1, -0.05) is 17.7 Å². The van der Waals surface area contributed by atoms with Crippen LogP contribution >= 0.6 is 0 Å². The summed E-state index contributed by atoms with van der Waals surface area (Å²) in [6, 6.07) is 14.8. The highest BCUT2D eigenvalue weighted by Gasteiger charge is 2.23. The maximum absolute atomic E-state index is 13.5. The van der Waals surface area contributed by atoms with E-state index in [0.29, 0.717) is 22.2 Å². The molecule has 10 heteroatoms. The van der Waals surface area contributed by atoms with Gasteiger partial charge in [-0.15, -0.1) is 0 Å². The Kier molecular flexibility index (Phi) is 5.91. The lowest BCUT2D eigenvalue weighted by Gasteiger charge is -2.15. The second kappa shape index (κ2) is 8.94. The summed E-state index contributed by atoms with van der Waals surface area (Å²) in [5.41, 5.74) is 3.50. The average molecular weight is 512 g/mol. The quantitative estimate of drug-likeness (QED) is 0.288. The van der Waals surface area contributed by atoms with Crippen molar-refractivity contribution in [1.29, 1.82) is 0 Å². The van der Waals surface area contributed by atoms with Crippen molar-refractivity contribution in [2.24, 2.45) is 0 Å². The zero-order valence-electron chi connectivity index (χ0n) is 19.8. The van der Waals surface area contributed by atoms with Crippen molar-refractivity contribution in [3.05, 3.63) is 83.7 Å². The lowest BCUT2D eigenvalue weighted by molar-refractivity contribution is -0.0497. The molecule has 0 N–H and O–H groups in total. The standard InChI is InChI=1S/C26H23F2N3O4S/c1-16-4-8-20(9-5-16)36(32,33)31-11-10-21-22(24(34-3)12-17(2)25(21)31)15-30-14-18-6-7-19(35-26(27)28)13-23(18)29-30/h4-14,26H,15H2,1-3H3. The molecule has 0 bridgehead atoms. The first-order valence-corrected chi connectivity index (χ1v) is 12.5. The Hall–Kier alpha value is -3.92. The van der Waals surface area contributed by atoms with Gasteiger partial charge in [-0.2, -0.15) is 13.9 Å². The lowest BCUT2D eigenvalue weighted by Crippen LogP contribution is -2.13. The number of fused-ring (bicyclic) bond motifs is 2. The minimum absolute atomic E-state index is 0.0245. The van der Waals surface area contributed by atoms with Crippen molar-refractivity contribution in [3.8, 4) is 11.5 Å². The molecule has 0 amide bonds. The molecule has 2 aromatic heterocycles. The second-order valence-electron chi connectivity index (χ2n) is 8.49. The number of aromatic nitrogens is 3. The van der Waals surface area contributed by atoms with Gasteiger partial charge in [0, 0.05) is 34.8 Å².